The van der Waals surface area contributed by atoms with E-state index in [0.717, 1.165) is 5.39 Å². The Balaban J connectivity index is 2.72. The second kappa shape index (κ2) is 3.50. The molecule has 0 aliphatic carbocycles. The van der Waals surface area contributed by atoms with E-state index in [-0.39, 0.29) is 11.6 Å². The molecule has 0 amide bonds. The average molecular weight is 208 g/mol. The van der Waals surface area contributed by atoms with Crippen molar-refractivity contribution >= 4 is 27.2 Å². The molecule has 0 saturated carbocycles. The van der Waals surface area contributed by atoms with Crippen molar-refractivity contribution in [1.82, 2.24) is 0 Å². The molecule has 3 heteroatoms. The lowest BCUT2D eigenvalue weighted by molar-refractivity contribution is 0.0990. The van der Waals surface area contributed by atoms with Crippen LogP contribution in [0.2, 0.25) is 0 Å². The van der Waals surface area contributed by atoms with Crippen LogP contribution in [0.5, 0.6) is 0 Å². The summed E-state index contributed by atoms with van der Waals surface area (Å²) in [6, 6.07) is 4.73. The fourth-order valence-electron chi connectivity index (χ4n) is 1.46. The third-order valence-corrected chi connectivity index (χ3v) is 3.11. The fraction of sp³-hybridized carbons (Fsp3) is 0.182. The molecule has 0 fully saturated rings. The first-order chi connectivity index (χ1) is 6.74. The first kappa shape index (κ1) is 9.34. The molecule has 0 aliphatic rings. The monoisotopic (exact) mass is 208 g/mol. The standard InChI is InChI=1S/C11H9FOS/c1-2-10(13)7-3-4-9(12)11-8(7)5-6-14-11/h3-6H,2H2,1H3. The van der Waals surface area contributed by atoms with Crippen LogP contribution in [-0.2, 0) is 0 Å². The van der Waals surface area contributed by atoms with E-state index >= 15 is 0 Å². The molecule has 0 radical (unpaired) electrons. The van der Waals surface area contributed by atoms with Gasteiger partial charge >= 0.3 is 0 Å². The van der Waals surface area contributed by atoms with Crippen molar-refractivity contribution in [2.45, 2.75) is 13.3 Å². The molecule has 14 heavy (non-hydrogen) atoms. The SMILES string of the molecule is CCC(=O)c1ccc(F)c2sccc12. The molecule has 0 aliphatic heterocycles. The van der Waals surface area contributed by atoms with Crippen molar-refractivity contribution in [3.05, 3.63) is 35.0 Å². The van der Waals surface area contributed by atoms with Crippen LogP contribution in [0.1, 0.15) is 23.7 Å². The summed E-state index contributed by atoms with van der Waals surface area (Å²) < 4.78 is 13.8. The molecule has 0 unspecified atom stereocenters. The summed E-state index contributed by atoms with van der Waals surface area (Å²) in [6.07, 6.45) is 0.455. The lowest BCUT2D eigenvalue weighted by Gasteiger charge is -2.00. The molecule has 2 rings (SSSR count). The van der Waals surface area contributed by atoms with Gasteiger partial charge in [0.05, 0.1) is 4.70 Å². The predicted octanol–water partition coefficient (Wildman–Crippen LogP) is 3.63. The van der Waals surface area contributed by atoms with Crippen molar-refractivity contribution in [2.24, 2.45) is 0 Å². The highest BCUT2D eigenvalue weighted by Gasteiger charge is 2.11. The highest BCUT2D eigenvalue weighted by atomic mass is 32.1. The number of hydrogen-bond acceptors (Lipinski definition) is 2. The molecule has 2 aromatic rings. The van der Waals surface area contributed by atoms with Crippen LogP contribution in [0.15, 0.2) is 23.6 Å². The topological polar surface area (TPSA) is 17.1 Å². The zero-order chi connectivity index (χ0) is 10.1. The van der Waals surface area contributed by atoms with E-state index in [1.54, 1.807) is 17.5 Å². The number of carbonyl (C=O) groups excluding carboxylic acids is 1. The van der Waals surface area contributed by atoms with E-state index in [2.05, 4.69) is 0 Å². The van der Waals surface area contributed by atoms with Crippen LogP contribution in [0.25, 0.3) is 10.1 Å². The van der Waals surface area contributed by atoms with Gasteiger partial charge in [0.15, 0.2) is 5.78 Å². The number of benzene rings is 1. The summed E-state index contributed by atoms with van der Waals surface area (Å²) in [5.41, 5.74) is 0.630. The molecule has 1 nitrogen and oxygen atoms in total. The molecular weight excluding hydrogens is 199 g/mol. The van der Waals surface area contributed by atoms with Gasteiger partial charge in [0.1, 0.15) is 5.82 Å². The number of rotatable bonds is 2. The average Bonchev–Trinajstić information content (AvgIpc) is 2.67. The summed E-state index contributed by atoms with van der Waals surface area (Å²) in [5.74, 6) is -0.184. The number of carbonyl (C=O) groups is 1. The van der Waals surface area contributed by atoms with Crippen molar-refractivity contribution in [3.8, 4) is 0 Å². The molecule has 0 spiro atoms. The summed E-state index contributed by atoms with van der Waals surface area (Å²) in [7, 11) is 0. The lowest BCUT2D eigenvalue weighted by atomic mass is 10.0. The summed E-state index contributed by atoms with van der Waals surface area (Å²) in [5, 5.41) is 2.54. The number of hydrogen-bond donors (Lipinski definition) is 0. The Hall–Kier alpha value is -1.22. The van der Waals surface area contributed by atoms with Crippen LogP contribution in [-0.4, -0.2) is 5.78 Å². The van der Waals surface area contributed by atoms with Gasteiger partial charge < -0.3 is 0 Å². The number of thiophene rings is 1. The van der Waals surface area contributed by atoms with Gasteiger partial charge in [0.2, 0.25) is 0 Å². The zero-order valence-electron chi connectivity index (χ0n) is 7.71. The first-order valence-electron chi connectivity index (χ1n) is 4.43. The van der Waals surface area contributed by atoms with Gasteiger partial charge in [-0.15, -0.1) is 11.3 Å². The summed E-state index contributed by atoms with van der Waals surface area (Å²) in [4.78, 5) is 11.5. The van der Waals surface area contributed by atoms with Gasteiger partial charge in [-0.3, -0.25) is 4.79 Å². The minimum atomic E-state index is -0.248. The van der Waals surface area contributed by atoms with Crippen molar-refractivity contribution in [3.63, 3.8) is 0 Å². The second-order valence-electron chi connectivity index (χ2n) is 3.04. The number of halogens is 1. The van der Waals surface area contributed by atoms with Crippen LogP contribution in [0.4, 0.5) is 4.39 Å². The van der Waals surface area contributed by atoms with Gasteiger partial charge in [0, 0.05) is 17.4 Å². The van der Waals surface area contributed by atoms with E-state index in [1.807, 2.05) is 6.92 Å². The Kier molecular flexibility index (Phi) is 2.33. The molecular formula is C11H9FOS. The third-order valence-electron chi connectivity index (χ3n) is 2.19. The number of ketones is 1. The quantitative estimate of drug-likeness (QED) is 0.689. The highest BCUT2D eigenvalue weighted by molar-refractivity contribution is 7.17. The van der Waals surface area contributed by atoms with E-state index < -0.39 is 0 Å². The Morgan fingerprint density at radius 3 is 2.93 bits per heavy atom. The fourth-order valence-corrected chi connectivity index (χ4v) is 2.29. The second-order valence-corrected chi connectivity index (χ2v) is 3.95. The van der Waals surface area contributed by atoms with Crippen molar-refractivity contribution in [2.75, 3.05) is 0 Å². The van der Waals surface area contributed by atoms with Crippen LogP contribution >= 0.6 is 11.3 Å². The molecule has 0 bridgehead atoms. The van der Waals surface area contributed by atoms with Gasteiger partial charge in [-0.25, -0.2) is 4.39 Å². The van der Waals surface area contributed by atoms with E-state index in [9.17, 15) is 9.18 Å². The number of fused-ring (bicyclic) bond motifs is 1. The van der Waals surface area contributed by atoms with Crippen LogP contribution < -0.4 is 0 Å². The maximum Gasteiger partial charge on any atom is 0.163 e. The predicted molar refractivity (Wildman–Crippen MR) is 56.4 cm³/mol. The van der Waals surface area contributed by atoms with Crippen molar-refractivity contribution < 1.29 is 9.18 Å². The van der Waals surface area contributed by atoms with Crippen LogP contribution in [0.3, 0.4) is 0 Å². The largest absolute Gasteiger partial charge is 0.294 e. The maximum atomic E-state index is 13.3. The van der Waals surface area contributed by atoms with Gasteiger partial charge in [-0.1, -0.05) is 6.92 Å². The minimum Gasteiger partial charge on any atom is -0.294 e. The molecule has 0 N–H and O–H groups in total. The van der Waals surface area contributed by atoms with Crippen molar-refractivity contribution in [1.29, 1.82) is 0 Å². The normalized spacial score (nSPS) is 10.7. The van der Waals surface area contributed by atoms with Gasteiger partial charge in [-0.05, 0) is 23.6 Å². The van der Waals surface area contributed by atoms with E-state index in [0.29, 0.717) is 16.7 Å². The van der Waals surface area contributed by atoms with Gasteiger partial charge in [-0.2, -0.15) is 0 Å². The molecule has 0 atom stereocenters. The third kappa shape index (κ3) is 1.34. The Morgan fingerprint density at radius 1 is 1.43 bits per heavy atom. The van der Waals surface area contributed by atoms with E-state index in [4.69, 9.17) is 0 Å². The molecule has 1 heterocycles. The smallest absolute Gasteiger partial charge is 0.163 e. The molecule has 1 aromatic carbocycles. The Labute approximate surface area is 85.2 Å². The van der Waals surface area contributed by atoms with Gasteiger partial charge in [0.25, 0.3) is 0 Å². The summed E-state index contributed by atoms with van der Waals surface area (Å²) >= 11 is 1.33. The van der Waals surface area contributed by atoms with E-state index in [1.165, 1.54) is 17.4 Å². The Bertz CT molecular complexity index is 487. The zero-order valence-corrected chi connectivity index (χ0v) is 8.53. The highest BCUT2D eigenvalue weighted by Crippen LogP contribution is 2.27. The molecule has 1 aromatic heterocycles. The first-order valence-corrected chi connectivity index (χ1v) is 5.31. The summed E-state index contributed by atoms with van der Waals surface area (Å²) in [6.45, 7) is 1.81. The number of Topliss-reactive ketones (excluding diaryl/α,β-unsaturated/α-hetero) is 1. The lowest BCUT2D eigenvalue weighted by Crippen LogP contribution is -1.97. The molecule has 72 valence electrons. The minimum absolute atomic E-state index is 0.0633. The van der Waals surface area contributed by atoms with Crippen LogP contribution in [0, 0.1) is 5.82 Å². The molecule has 0 saturated heterocycles. The maximum absolute atomic E-state index is 13.3. The Morgan fingerprint density at radius 2 is 2.21 bits per heavy atom.